The van der Waals surface area contributed by atoms with Crippen LogP contribution in [0.2, 0.25) is 0 Å². The van der Waals surface area contributed by atoms with Crippen molar-refractivity contribution in [1.82, 2.24) is 20.1 Å². The smallest absolute Gasteiger partial charge is 0.230 e. The summed E-state index contributed by atoms with van der Waals surface area (Å²) in [5.41, 5.74) is 2.19. The largest absolute Gasteiger partial charge is 0.358 e. The van der Waals surface area contributed by atoms with Gasteiger partial charge in [0.25, 0.3) is 0 Å². The van der Waals surface area contributed by atoms with Crippen LogP contribution in [-0.2, 0) is 4.79 Å². The van der Waals surface area contributed by atoms with Gasteiger partial charge in [-0.15, -0.1) is 10.2 Å². The molecule has 0 fully saturated rings. The number of nitrogens with one attached hydrogen (secondary N) is 1. The van der Waals surface area contributed by atoms with E-state index in [1.807, 2.05) is 42.7 Å². The lowest BCUT2D eigenvalue weighted by Gasteiger charge is -2.10. The third-order valence-electron chi connectivity index (χ3n) is 2.76. The van der Waals surface area contributed by atoms with Gasteiger partial charge in [-0.2, -0.15) is 0 Å². The fourth-order valence-corrected chi connectivity index (χ4v) is 2.59. The number of hydrogen-bond donors (Lipinski definition) is 1. The average molecular weight is 276 g/mol. The quantitative estimate of drug-likeness (QED) is 0.864. The molecule has 0 unspecified atom stereocenters. The summed E-state index contributed by atoms with van der Waals surface area (Å²) in [5, 5.41) is 11.6. The minimum atomic E-state index is -0.0259. The van der Waals surface area contributed by atoms with E-state index in [9.17, 15) is 4.79 Å². The van der Waals surface area contributed by atoms with Crippen LogP contribution in [0.4, 0.5) is 0 Å². The van der Waals surface area contributed by atoms with E-state index < -0.39 is 0 Å². The lowest BCUT2D eigenvalue weighted by molar-refractivity contribution is -0.118. The summed E-state index contributed by atoms with van der Waals surface area (Å²) in [4.78, 5) is 11.3. The molecule has 2 rings (SSSR count). The molecule has 6 heteroatoms. The molecule has 0 atom stereocenters. The maximum atomic E-state index is 11.3. The van der Waals surface area contributed by atoms with Crippen LogP contribution < -0.4 is 5.32 Å². The van der Waals surface area contributed by atoms with E-state index in [2.05, 4.69) is 15.5 Å². The van der Waals surface area contributed by atoms with Gasteiger partial charge in [0.2, 0.25) is 5.91 Å². The SMILES string of the molecule is CNC(=O)CSc1nnc(C)n1-c1ccccc1C. The van der Waals surface area contributed by atoms with Crippen LogP contribution in [0.25, 0.3) is 5.69 Å². The zero-order valence-corrected chi connectivity index (χ0v) is 12.0. The van der Waals surface area contributed by atoms with Gasteiger partial charge in [-0.25, -0.2) is 0 Å². The normalized spacial score (nSPS) is 10.5. The van der Waals surface area contributed by atoms with Crippen molar-refractivity contribution in [3.8, 4) is 5.69 Å². The number of para-hydroxylation sites is 1. The van der Waals surface area contributed by atoms with Crippen LogP contribution in [0.15, 0.2) is 29.4 Å². The van der Waals surface area contributed by atoms with Crippen molar-refractivity contribution >= 4 is 17.7 Å². The average Bonchev–Trinajstić information content (AvgIpc) is 2.78. The van der Waals surface area contributed by atoms with Gasteiger partial charge in [0, 0.05) is 7.05 Å². The van der Waals surface area contributed by atoms with Crippen molar-refractivity contribution in [2.24, 2.45) is 0 Å². The molecule has 1 N–H and O–H groups in total. The molecule has 1 aromatic carbocycles. The number of aromatic nitrogens is 3. The molecular formula is C13H16N4OS. The molecule has 1 heterocycles. The molecule has 0 aliphatic carbocycles. The first-order chi connectivity index (χ1) is 9.13. The number of aryl methyl sites for hydroxylation is 2. The first kappa shape index (κ1) is 13.6. The summed E-state index contributed by atoms with van der Waals surface area (Å²) >= 11 is 1.38. The van der Waals surface area contributed by atoms with Crippen molar-refractivity contribution in [2.45, 2.75) is 19.0 Å². The van der Waals surface area contributed by atoms with Gasteiger partial charge in [-0.05, 0) is 25.5 Å². The number of carbonyl (C=O) groups excluding carboxylic acids is 1. The van der Waals surface area contributed by atoms with Crippen LogP contribution in [0.3, 0.4) is 0 Å². The number of benzene rings is 1. The summed E-state index contributed by atoms with van der Waals surface area (Å²) in [6.45, 7) is 3.95. The van der Waals surface area contributed by atoms with Crippen LogP contribution >= 0.6 is 11.8 Å². The zero-order chi connectivity index (χ0) is 13.8. The monoisotopic (exact) mass is 276 g/mol. The lowest BCUT2D eigenvalue weighted by atomic mass is 10.2. The second-order valence-corrected chi connectivity index (χ2v) is 5.06. The second-order valence-electron chi connectivity index (χ2n) is 4.11. The standard InChI is InChI=1S/C13H16N4OS/c1-9-6-4-5-7-11(9)17-10(2)15-16-13(17)19-8-12(18)14-3/h4-7H,8H2,1-3H3,(H,14,18). The molecule has 0 saturated carbocycles. The van der Waals surface area contributed by atoms with Crippen molar-refractivity contribution in [3.05, 3.63) is 35.7 Å². The Balaban J connectivity index is 2.33. The first-order valence-electron chi connectivity index (χ1n) is 5.95. The van der Waals surface area contributed by atoms with E-state index in [1.54, 1.807) is 7.05 Å². The van der Waals surface area contributed by atoms with Gasteiger partial charge >= 0.3 is 0 Å². The van der Waals surface area contributed by atoms with Gasteiger partial charge in [0.1, 0.15) is 5.82 Å². The Morgan fingerprint density at radius 3 is 2.74 bits per heavy atom. The van der Waals surface area contributed by atoms with E-state index in [0.29, 0.717) is 5.75 Å². The second kappa shape index (κ2) is 5.88. The zero-order valence-electron chi connectivity index (χ0n) is 11.2. The maximum absolute atomic E-state index is 11.3. The van der Waals surface area contributed by atoms with E-state index >= 15 is 0 Å². The summed E-state index contributed by atoms with van der Waals surface area (Å²) in [5.74, 6) is 1.12. The highest BCUT2D eigenvalue weighted by Crippen LogP contribution is 2.23. The van der Waals surface area contributed by atoms with Gasteiger partial charge in [0.05, 0.1) is 11.4 Å². The Morgan fingerprint density at radius 1 is 1.32 bits per heavy atom. The van der Waals surface area contributed by atoms with E-state index in [1.165, 1.54) is 11.8 Å². The molecule has 19 heavy (non-hydrogen) atoms. The summed E-state index contributed by atoms with van der Waals surface area (Å²) in [7, 11) is 1.63. The molecular weight excluding hydrogens is 260 g/mol. The Kier molecular flexibility index (Phi) is 4.21. The predicted molar refractivity (Wildman–Crippen MR) is 75.6 cm³/mol. The number of amides is 1. The molecule has 0 bridgehead atoms. The molecule has 0 saturated heterocycles. The minimum absolute atomic E-state index is 0.0259. The highest BCUT2D eigenvalue weighted by Gasteiger charge is 2.13. The van der Waals surface area contributed by atoms with E-state index in [4.69, 9.17) is 0 Å². The fraction of sp³-hybridized carbons (Fsp3) is 0.308. The molecule has 0 aliphatic rings. The number of thioether (sulfide) groups is 1. The van der Waals surface area contributed by atoms with Crippen LogP contribution in [-0.4, -0.2) is 33.5 Å². The molecule has 2 aromatic rings. The van der Waals surface area contributed by atoms with Crippen molar-refractivity contribution in [3.63, 3.8) is 0 Å². The van der Waals surface area contributed by atoms with E-state index in [-0.39, 0.29) is 5.91 Å². The molecule has 5 nitrogen and oxygen atoms in total. The highest BCUT2D eigenvalue weighted by molar-refractivity contribution is 7.99. The number of carbonyl (C=O) groups is 1. The lowest BCUT2D eigenvalue weighted by Crippen LogP contribution is -2.20. The number of nitrogens with zero attached hydrogens (tertiary/aromatic N) is 3. The van der Waals surface area contributed by atoms with E-state index in [0.717, 1.165) is 22.2 Å². The number of rotatable bonds is 4. The van der Waals surface area contributed by atoms with Crippen molar-refractivity contribution in [1.29, 1.82) is 0 Å². The third kappa shape index (κ3) is 2.96. The number of hydrogen-bond acceptors (Lipinski definition) is 4. The summed E-state index contributed by atoms with van der Waals surface area (Å²) in [6, 6.07) is 8.04. The van der Waals surface area contributed by atoms with Crippen molar-refractivity contribution < 1.29 is 4.79 Å². The molecule has 0 radical (unpaired) electrons. The Labute approximate surface area is 116 Å². The van der Waals surface area contributed by atoms with Gasteiger partial charge in [-0.3, -0.25) is 9.36 Å². The Bertz CT molecular complexity index is 594. The molecule has 1 amide bonds. The highest BCUT2D eigenvalue weighted by atomic mass is 32.2. The van der Waals surface area contributed by atoms with Gasteiger partial charge in [-0.1, -0.05) is 30.0 Å². The molecule has 0 aliphatic heterocycles. The molecule has 1 aromatic heterocycles. The summed E-state index contributed by atoms with van der Waals surface area (Å²) < 4.78 is 1.98. The van der Waals surface area contributed by atoms with Crippen LogP contribution in [0, 0.1) is 13.8 Å². The Morgan fingerprint density at radius 2 is 2.05 bits per heavy atom. The molecule has 0 spiro atoms. The van der Waals surface area contributed by atoms with Crippen molar-refractivity contribution in [2.75, 3.05) is 12.8 Å². The Hall–Kier alpha value is -1.82. The van der Waals surface area contributed by atoms with Gasteiger partial charge in [0.15, 0.2) is 5.16 Å². The molecule has 100 valence electrons. The summed E-state index contributed by atoms with van der Waals surface area (Å²) in [6.07, 6.45) is 0. The first-order valence-corrected chi connectivity index (χ1v) is 6.93. The predicted octanol–water partition coefficient (Wildman–Crippen LogP) is 1.72. The fourth-order valence-electron chi connectivity index (χ4n) is 1.73. The minimum Gasteiger partial charge on any atom is -0.358 e. The van der Waals surface area contributed by atoms with Crippen LogP contribution in [0.1, 0.15) is 11.4 Å². The van der Waals surface area contributed by atoms with Crippen LogP contribution in [0.5, 0.6) is 0 Å². The topological polar surface area (TPSA) is 59.8 Å². The maximum Gasteiger partial charge on any atom is 0.230 e. The third-order valence-corrected chi connectivity index (χ3v) is 3.69. The van der Waals surface area contributed by atoms with Gasteiger partial charge < -0.3 is 5.32 Å².